The van der Waals surface area contributed by atoms with Crippen molar-refractivity contribution in [1.29, 1.82) is 0 Å². The average Bonchev–Trinajstić information content (AvgIpc) is 3.49. The van der Waals surface area contributed by atoms with Crippen LogP contribution in [0.2, 0.25) is 0 Å². The highest BCUT2D eigenvalue weighted by Gasteiger charge is 2.37. The zero-order valence-corrected chi connectivity index (χ0v) is 29.0. The minimum atomic E-state index is -2.62. The number of anilines is 1. The minimum absolute atomic E-state index is 0.0372. The zero-order chi connectivity index (χ0) is 34.7. The molecule has 0 bridgehead atoms. The van der Waals surface area contributed by atoms with Gasteiger partial charge in [-0.2, -0.15) is 4.90 Å². The van der Waals surface area contributed by atoms with Gasteiger partial charge in [0.2, 0.25) is 0 Å². The van der Waals surface area contributed by atoms with Gasteiger partial charge >= 0.3 is 12.2 Å². The summed E-state index contributed by atoms with van der Waals surface area (Å²) >= 11 is 0. The molecular weight excluding hydrogens is 620 g/mol. The molecule has 47 heavy (non-hydrogen) atoms. The summed E-state index contributed by atoms with van der Waals surface area (Å²) in [6.07, 6.45) is -0.603. The third-order valence-electron chi connectivity index (χ3n) is 6.74. The first-order chi connectivity index (χ1) is 22.0. The number of nitrogens with zero attached hydrogens (tertiary/aromatic N) is 5. The SMILES string of the molecule is CN=S(=O)(c1ccc(-c2cnc(N(C(=O)OC(C)(C)C)C(=O)OC(C)(C)C)c(-c3cc(-c4ccc(CN)cc4)no3)n2)cc1)C(C)C. The van der Waals surface area contributed by atoms with Gasteiger partial charge < -0.3 is 19.7 Å². The van der Waals surface area contributed by atoms with Crippen LogP contribution >= 0.6 is 0 Å². The van der Waals surface area contributed by atoms with Gasteiger partial charge in [0.15, 0.2) is 17.3 Å². The van der Waals surface area contributed by atoms with E-state index in [2.05, 4.69) is 14.5 Å². The van der Waals surface area contributed by atoms with Crippen molar-refractivity contribution in [3.8, 4) is 34.0 Å². The number of rotatable bonds is 7. The van der Waals surface area contributed by atoms with Gasteiger partial charge in [0.25, 0.3) is 0 Å². The molecule has 0 aliphatic heterocycles. The van der Waals surface area contributed by atoms with E-state index in [0.717, 1.165) is 11.1 Å². The Bertz CT molecular complexity index is 1830. The summed E-state index contributed by atoms with van der Waals surface area (Å²) in [6.45, 7) is 14.2. The van der Waals surface area contributed by atoms with Crippen molar-refractivity contribution in [3.05, 3.63) is 66.4 Å². The van der Waals surface area contributed by atoms with E-state index in [1.807, 2.05) is 38.1 Å². The van der Waals surface area contributed by atoms with Gasteiger partial charge in [-0.05, 0) is 73.1 Å². The number of benzene rings is 2. The highest BCUT2D eigenvalue weighted by atomic mass is 32.2. The largest absolute Gasteiger partial charge is 0.443 e. The maximum absolute atomic E-state index is 13.6. The third kappa shape index (κ3) is 8.22. The molecule has 2 heterocycles. The molecule has 0 aliphatic carbocycles. The molecule has 2 aromatic heterocycles. The number of imide groups is 1. The summed E-state index contributed by atoms with van der Waals surface area (Å²) in [5.41, 5.74) is 7.11. The summed E-state index contributed by atoms with van der Waals surface area (Å²) in [5, 5.41) is 4.04. The van der Waals surface area contributed by atoms with E-state index in [0.29, 0.717) is 33.3 Å². The van der Waals surface area contributed by atoms with Crippen molar-refractivity contribution in [2.45, 2.75) is 83.3 Å². The van der Waals surface area contributed by atoms with Crippen molar-refractivity contribution >= 4 is 27.7 Å². The van der Waals surface area contributed by atoms with Crippen molar-refractivity contribution in [2.24, 2.45) is 10.1 Å². The monoisotopic (exact) mass is 662 g/mol. The Morgan fingerprint density at radius 1 is 0.915 bits per heavy atom. The summed E-state index contributed by atoms with van der Waals surface area (Å²) in [5.74, 6) is -0.0451. The molecule has 250 valence electrons. The third-order valence-corrected chi connectivity index (χ3v) is 9.51. The second-order valence-corrected chi connectivity index (χ2v) is 15.9. The predicted octanol–water partition coefficient (Wildman–Crippen LogP) is 7.47. The molecule has 1 atom stereocenters. The van der Waals surface area contributed by atoms with Crippen LogP contribution in [-0.4, -0.2) is 55.0 Å². The van der Waals surface area contributed by atoms with E-state index >= 15 is 0 Å². The highest BCUT2D eigenvalue weighted by Crippen LogP contribution is 2.35. The van der Waals surface area contributed by atoms with Crippen molar-refractivity contribution in [1.82, 2.24) is 15.1 Å². The second-order valence-electron chi connectivity index (χ2n) is 13.0. The Morgan fingerprint density at radius 3 is 1.94 bits per heavy atom. The number of amides is 2. The van der Waals surface area contributed by atoms with E-state index in [4.69, 9.17) is 24.7 Å². The molecular formula is C34H42N6O6S. The lowest BCUT2D eigenvalue weighted by Crippen LogP contribution is -2.44. The summed E-state index contributed by atoms with van der Waals surface area (Å²) in [4.78, 5) is 37.8. The van der Waals surface area contributed by atoms with Crippen LogP contribution in [0.1, 0.15) is 61.0 Å². The standard InChI is InChI=1S/C34H42N6O6S/c1-21(2)47(43,36-9)25-16-14-24(15-17-25)27-20-37-30(40(31(41)44-33(3,4)5)32(42)45-34(6,7)8)29(38-27)28-18-26(39-46-28)23-12-10-22(19-35)11-13-23/h10-18,20-21H,19,35H2,1-9H3. The molecule has 0 saturated carbocycles. The normalized spacial score (nSPS) is 13.2. The fourth-order valence-corrected chi connectivity index (χ4v) is 6.16. The van der Waals surface area contributed by atoms with Crippen molar-refractivity contribution in [3.63, 3.8) is 0 Å². The fraction of sp³-hybridized carbons (Fsp3) is 0.382. The zero-order valence-electron chi connectivity index (χ0n) is 28.2. The first-order valence-corrected chi connectivity index (χ1v) is 16.7. The predicted molar refractivity (Wildman–Crippen MR) is 181 cm³/mol. The number of nitrogens with two attached hydrogens (primary N) is 1. The average molecular weight is 663 g/mol. The summed E-state index contributed by atoms with van der Waals surface area (Å²) < 4.78 is 34.5. The molecule has 2 N–H and O–H groups in total. The van der Waals surface area contributed by atoms with E-state index < -0.39 is 33.1 Å². The van der Waals surface area contributed by atoms with E-state index in [9.17, 15) is 13.8 Å². The molecule has 12 nitrogen and oxygen atoms in total. The number of aromatic nitrogens is 3. The van der Waals surface area contributed by atoms with Crippen LogP contribution in [0.15, 0.2) is 74.6 Å². The Labute approximate surface area is 275 Å². The van der Waals surface area contributed by atoms with Crippen molar-refractivity contribution < 1.29 is 27.8 Å². The van der Waals surface area contributed by atoms with Crippen LogP contribution in [0.25, 0.3) is 34.0 Å². The second kappa shape index (κ2) is 13.6. The number of hydrogen-bond donors (Lipinski definition) is 1. The minimum Gasteiger partial charge on any atom is -0.443 e. The Kier molecular flexibility index (Phi) is 10.2. The molecule has 1 unspecified atom stereocenters. The lowest BCUT2D eigenvalue weighted by molar-refractivity contribution is 0.0429. The molecule has 0 saturated heterocycles. The molecule has 0 spiro atoms. The molecule has 4 aromatic rings. The molecule has 2 amide bonds. The van der Waals surface area contributed by atoms with Crippen LogP contribution in [0, 0.1) is 0 Å². The van der Waals surface area contributed by atoms with Gasteiger partial charge in [-0.15, -0.1) is 0 Å². The van der Waals surface area contributed by atoms with Crippen LogP contribution in [0.3, 0.4) is 0 Å². The van der Waals surface area contributed by atoms with Gasteiger partial charge in [0.05, 0.1) is 21.6 Å². The molecule has 4 rings (SSSR count). The van der Waals surface area contributed by atoms with Crippen LogP contribution < -0.4 is 10.6 Å². The smallest absolute Gasteiger partial charge is 0.425 e. The molecule has 0 radical (unpaired) electrons. The Morgan fingerprint density at radius 2 is 1.45 bits per heavy atom. The summed E-state index contributed by atoms with van der Waals surface area (Å²) in [6, 6.07) is 16.1. The number of hydrogen-bond acceptors (Lipinski definition) is 11. The first kappa shape index (κ1) is 35.2. The maximum Gasteiger partial charge on any atom is 0.425 e. The topological polar surface area (TPSA) is 163 Å². The maximum atomic E-state index is 13.6. The Hall–Kier alpha value is -4.62. The van der Waals surface area contributed by atoms with Crippen LogP contribution in [0.4, 0.5) is 15.4 Å². The highest BCUT2D eigenvalue weighted by molar-refractivity contribution is 7.94. The van der Waals surface area contributed by atoms with E-state index in [1.165, 1.54) is 6.20 Å². The molecule has 0 aliphatic rings. The van der Waals surface area contributed by atoms with Gasteiger partial charge in [0.1, 0.15) is 16.9 Å². The number of carbonyl (C=O) groups is 2. The fourth-order valence-electron chi connectivity index (χ4n) is 4.46. The van der Waals surface area contributed by atoms with Crippen LogP contribution in [0.5, 0.6) is 0 Å². The first-order valence-electron chi connectivity index (χ1n) is 15.1. The lowest BCUT2D eigenvalue weighted by Gasteiger charge is -2.28. The van der Waals surface area contributed by atoms with Gasteiger partial charge in [-0.1, -0.05) is 41.6 Å². The van der Waals surface area contributed by atoms with E-state index in [-0.39, 0.29) is 22.5 Å². The number of ether oxygens (including phenoxy) is 2. The van der Waals surface area contributed by atoms with Gasteiger partial charge in [-0.25, -0.2) is 28.1 Å². The van der Waals surface area contributed by atoms with Crippen LogP contribution in [-0.2, 0) is 25.7 Å². The molecule has 2 aromatic carbocycles. The summed E-state index contributed by atoms with van der Waals surface area (Å²) in [7, 11) is -1.07. The van der Waals surface area contributed by atoms with Crippen molar-refractivity contribution in [2.75, 3.05) is 11.9 Å². The van der Waals surface area contributed by atoms with Gasteiger partial charge in [0, 0.05) is 40.9 Å². The lowest BCUT2D eigenvalue weighted by atomic mass is 10.1. The van der Waals surface area contributed by atoms with E-state index in [1.54, 1.807) is 78.9 Å². The number of carbonyl (C=O) groups excluding carboxylic acids is 2. The van der Waals surface area contributed by atoms with Gasteiger partial charge in [-0.3, -0.25) is 0 Å². The Balaban J connectivity index is 1.90. The molecule has 0 fully saturated rings. The molecule has 13 heteroatoms. The quantitative estimate of drug-likeness (QED) is 0.210.